The Bertz CT molecular complexity index is 279. The Balaban J connectivity index is 4.40. The first-order chi connectivity index (χ1) is 7.17. The molecule has 5 heteroatoms. The predicted molar refractivity (Wildman–Crippen MR) is 55.5 cm³/mol. The van der Waals surface area contributed by atoms with Gasteiger partial charge in [-0.15, -0.1) is 0 Å². The fourth-order valence-electron chi connectivity index (χ4n) is 1.08. The van der Waals surface area contributed by atoms with E-state index in [1.54, 1.807) is 6.92 Å². The number of aliphatic hydroxyl groups excluding tert-OH is 1. The molecule has 0 saturated heterocycles. The smallest absolute Gasteiger partial charge is 0.505 e. The molecular weight excluding hydrogens is 196 g/mol. The SMILES string of the molecule is CCCCCC(O)=C([N+]#N)C(=O)OCC. The van der Waals surface area contributed by atoms with E-state index in [1.165, 1.54) is 0 Å². The maximum atomic E-state index is 11.2. The molecule has 0 radical (unpaired) electrons. The summed E-state index contributed by atoms with van der Waals surface area (Å²) in [5.41, 5.74) is -0.395. The van der Waals surface area contributed by atoms with Gasteiger partial charge in [-0.25, -0.2) is 4.79 Å². The van der Waals surface area contributed by atoms with Gasteiger partial charge in [0.15, 0.2) is 10.7 Å². The van der Waals surface area contributed by atoms with Crippen molar-refractivity contribution in [2.24, 2.45) is 0 Å². The molecule has 0 aliphatic rings. The van der Waals surface area contributed by atoms with Crippen LogP contribution in [0.4, 0.5) is 0 Å². The molecule has 0 heterocycles. The van der Waals surface area contributed by atoms with E-state index in [9.17, 15) is 9.90 Å². The second-order valence-corrected chi connectivity index (χ2v) is 3.07. The van der Waals surface area contributed by atoms with Crippen LogP contribution in [-0.4, -0.2) is 17.7 Å². The van der Waals surface area contributed by atoms with Gasteiger partial charge in [-0.05, 0) is 13.3 Å². The number of carbonyl (C=O) groups is 1. The van der Waals surface area contributed by atoms with Crippen LogP contribution >= 0.6 is 0 Å². The fraction of sp³-hybridized carbons (Fsp3) is 0.700. The van der Waals surface area contributed by atoms with E-state index in [4.69, 9.17) is 5.39 Å². The van der Waals surface area contributed by atoms with Crippen molar-refractivity contribution < 1.29 is 14.6 Å². The first-order valence-electron chi connectivity index (χ1n) is 5.11. The Labute approximate surface area is 89.4 Å². The van der Waals surface area contributed by atoms with Crippen molar-refractivity contribution in [3.05, 3.63) is 16.4 Å². The van der Waals surface area contributed by atoms with Crippen LogP contribution in [0.3, 0.4) is 0 Å². The largest absolute Gasteiger partial charge is 0.505 e. The molecule has 0 rings (SSSR count). The molecule has 5 nitrogen and oxygen atoms in total. The van der Waals surface area contributed by atoms with Crippen LogP contribution in [0.25, 0.3) is 4.98 Å². The van der Waals surface area contributed by atoms with Crippen LogP contribution in [0.1, 0.15) is 39.5 Å². The third-order valence-electron chi connectivity index (χ3n) is 1.86. The van der Waals surface area contributed by atoms with Crippen molar-refractivity contribution in [1.29, 1.82) is 5.39 Å². The monoisotopic (exact) mass is 213 g/mol. The lowest BCUT2D eigenvalue weighted by atomic mass is 10.1. The molecule has 0 amide bonds. The molecule has 1 N–H and O–H groups in total. The zero-order chi connectivity index (χ0) is 11.7. The predicted octanol–water partition coefficient (Wildman–Crippen LogP) is 2.75. The highest BCUT2D eigenvalue weighted by molar-refractivity contribution is 5.90. The van der Waals surface area contributed by atoms with Gasteiger partial charge in [0, 0.05) is 6.42 Å². The van der Waals surface area contributed by atoms with Crippen molar-refractivity contribution in [3.8, 4) is 0 Å². The van der Waals surface area contributed by atoms with Crippen LogP contribution < -0.4 is 0 Å². The highest BCUT2D eigenvalue weighted by atomic mass is 16.5. The standard InChI is InChI=1S/C10H16N2O3/c1-3-5-6-7-8(13)9(12-11)10(14)15-4-2/h3-7H2,1-2H3/p+1. The van der Waals surface area contributed by atoms with Crippen LogP contribution in [0.5, 0.6) is 0 Å². The van der Waals surface area contributed by atoms with E-state index in [2.05, 4.69) is 9.71 Å². The summed E-state index contributed by atoms with van der Waals surface area (Å²) in [6.45, 7) is 3.85. The zero-order valence-electron chi connectivity index (χ0n) is 9.19. The first kappa shape index (κ1) is 13.4. The van der Waals surface area contributed by atoms with E-state index < -0.39 is 11.7 Å². The van der Waals surface area contributed by atoms with E-state index in [-0.39, 0.29) is 12.4 Å². The second-order valence-electron chi connectivity index (χ2n) is 3.07. The van der Waals surface area contributed by atoms with Crippen LogP contribution in [0.2, 0.25) is 0 Å². The van der Waals surface area contributed by atoms with E-state index in [0.29, 0.717) is 6.42 Å². The van der Waals surface area contributed by atoms with Crippen molar-refractivity contribution >= 4 is 5.97 Å². The Morgan fingerprint density at radius 3 is 2.53 bits per heavy atom. The molecule has 0 unspecified atom stereocenters. The number of carbonyl (C=O) groups excluding carboxylic acids is 1. The average Bonchev–Trinajstić information content (AvgIpc) is 2.19. The number of ether oxygens (including phenoxy) is 1. The van der Waals surface area contributed by atoms with Gasteiger partial charge in [-0.3, -0.25) is 0 Å². The van der Waals surface area contributed by atoms with Crippen LogP contribution in [0.15, 0.2) is 11.5 Å². The summed E-state index contributed by atoms with van der Waals surface area (Å²) in [6, 6.07) is 0. The molecule has 0 spiro atoms. The highest BCUT2D eigenvalue weighted by Gasteiger charge is 2.29. The Morgan fingerprint density at radius 1 is 1.40 bits per heavy atom. The van der Waals surface area contributed by atoms with Gasteiger partial charge in [-0.1, -0.05) is 19.8 Å². The molecule has 15 heavy (non-hydrogen) atoms. The van der Waals surface area contributed by atoms with Gasteiger partial charge in [0.25, 0.3) is 0 Å². The number of diazo groups is 1. The minimum absolute atomic E-state index is 0.181. The van der Waals surface area contributed by atoms with Crippen molar-refractivity contribution in [2.75, 3.05) is 6.61 Å². The lowest BCUT2D eigenvalue weighted by molar-refractivity contribution is -0.138. The van der Waals surface area contributed by atoms with Gasteiger partial charge in [0.1, 0.15) is 0 Å². The van der Waals surface area contributed by atoms with Gasteiger partial charge >= 0.3 is 11.7 Å². The number of unbranched alkanes of at least 4 members (excludes halogenated alkanes) is 2. The summed E-state index contributed by atoms with van der Waals surface area (Å²) in [5.74, 6) is -1.02. The lowest BCUT2D eigenvalue weighted by Crippen LogP contribution is -2.07. The normalized spacial score (nSPS) is 11.5. The molecule has 0 aromatic rings. The van der Waals surface area contributed by atoms with Gasteiger partial charge in [-0.2, -0.15) is 0 Å². The zero-order valence-corrected chi connectivity index (χ0v) is 9.19. The summed E-state index contributed by atoms with van der Waals surface area (Å²) in [7, 11) is 0. The molecule has 84 valence electrons. The number of aliphatic hydroxyl groups is 1. The lowest BCUT2D eigenvalue weighted by Gasteiger charge is -1.97. The summed E-state index contributed by atoms with van der Waals surface area (Å²) >= 11 is 0. The number of nitrogens with zero attached hydrogens (tertiary/aromatic N) is 2. The quantitative estimate of drug-likeness (QED) is 0.242. The third-order valence-corrected chi connectivity index (χ3v) is 1.86. The highest BCUT2D eigenvalue weighted by Crippen LogP contribution is 2.13. The number of hydrogen-bond acceptors (Lipinski definition) is 4. The molecule has 0 aliphatic carbocycles. The molecule has 0 bridgehead atoms. The van der Waals surface area contributed by atoms with Crippen LogP contribution in [-0.2, 0) is 9.53 Å². The maximum absolute atomic E-state index is 11.2. The van der Waals surface area contributed by atoms with Gasteiger partial charge in [0.05, 0.1) is 6.61 Å². The number of allylic oxidation sites excluding steroid dienone is 1. The van der Waals surface area contributed by atoms with E-state index in [1.807, 2.05) is 6.92 Å². The topological polar surface area (TPSA) is 74.7 Å². The minimum atomic E-state index is -0.797. The fourth-order valence-corrected chi connectivity index (χ4v) is 1.08. The van der Waals surface area contributed by atoms with Gasteiger partial charge < -0.3 is 9.84 Å². The molecule has 0 atom stereocenters. The summed E-state index contributed by atoms with van der Waals surface area (Å²) in [6.07, 6.45) is 3.04. The van der Waals surface area contributed by atoms with Crippen molar-refractivity contribution in [1.82, 2.24) is 0 Å². The first-order valence-corrected chi connectivity index (χ1v) is 5.11. The molecule has 0 aliphatic heterocycles. The third kappa shape index (κ3) is 5.01. The van der Waals surface area contributed by atoms with Crippen molar-refractivity contribution in [2.45, 2.75) is 39.5 Å². The molecular formula is C10H17N2O3+. The molecule has 0 aromatic heterocycles. The van der Waals surface area contributed by atoms with Gasteiger partial charge in [0.2, 0.25) is 5.39 Å². The van der Waals surface area contributed by atoms with Crippen molar-refractivity contribution in [3.63, 3.8) is 0 Å². The van der Waals surface area contributed by atoms with E-state index >= 15 is 0 Å². The summed E-state index contributed by atoms with van der Waals surface area (Å²) in [4.78, 5) is 13.9. The number of rotatable bonds is 6. The molecule has 0 saturated carbocycles. The Kier molecular flexibility index (Phi) is 6.98. The number of esters is 1. The summed E-state index contributed by atoms with van der Waals surface area (Å²) < 4.78 is 4.61. The Morgan fingerprint density at radius 2 is 2.07 bits per heavy atom. The minimum Gasteiger partial charge on any atom is -0.505 e. The maximum Gasteiger partial charge on any atom is 0.505 e. The second kappa shape index (κ2) is 7.80. The molecule has 0 aromatic carbocycles. The van der Waals surface area contributed by atoms with Crippen LogP contribution in [0, 0.1) is 5.39 Å². The van der Waals surface area contributed by atoms with E-state index in [0.717, 1.165) is 19.3 Å². The Hall–Kier alpha value is -1.57. The summed E-state index contributed by atoms with van der Waals surface area (Å²) in [5, 5.41) is 18.0. The number of hydrogen-bond donors (Lipinski definition) is 1. The molecule has 0 fully saturated rings. The average molecular weight is 213 g/mol.